The van der Waals surface area contributed by atoms with E-state index in [9.17, 15) is 0 Å². The average molecular weight is 383 g/mol. The van der Waals surface area contributed by atoms with Gasteiger partial charge in [0, 0.05) is 38.6 Å². The molecule has 5 rings (SSSR count). The minimum Gasteiger partial charge on any atom is -0.338 e. The van der Waals surface area contributed by atoms with Gasteiger partial charge in [-0.2, -0.15) is 0 Å². The molecular weight excluding hydrogens is 368 g/mol. The second kappa shape index (κ2) is 6.91. The maximum atomic E-state index is 5.99. The van der Waals surface area contributed by atoms with Crippen molar-refractivity contribution in [2.45, 2.75) is 0 Å². The molecule has 0 unspecified atom stereocenters. The predicted octanol–water partition coefficient (Wildman–Crippen LogP) is 6.24. The first-order valence-electron chi connectivity index (χ1n) is 8.92. The number of halogens is 1. The molecule has 2 aromatic heterocycles. The lowest BCUT2D eigenvalue weighted by molar-refractivity contribution is 1.06. The third kappa shape index (κ3) is 2.94. The molecule has 0 saturated carbocycles. The largest absolute Gasteiger partial charge is 0.338 e. The van der Waals surface area contributed by atoms with Crippen LogP contribution < -0.4 is 5.32 Å². The van der Waals surface area contributed by atoms with Crippen molar-refractivity contribution in [1.82, 2.24) is 15.2 Å². The lowest BCUT2D eigenvalue weighted by Gasteiger charge is -2.12. The first kappa shape index (κ1) is 16.7. The number of aromatic nitrogens is 3. The number of fused-ring (bicyclic) bond motifs is 2. The van der Waals surface area contributed by atoms with Gasteiger partial charge in [0.05, 0.1) is 5.52 Å². The van der Waals surface area contributed by atoms with Gasteiger partial charge in [-0.15, -0.1) is 10.2 Å². The molecular formula is C23H15ClN4. The molecule has 5 aromatic rings. The summed E-state index contributed by atoms with van der Waals surface area (Å²) in [5.41, 5.74) is 3.71. The predicted molar refractivity (Wildman–Crippen MR) is 115 cm³/mol. The minimum absolute atomic E-state index is 0.696. The van der Waals surface area contributed by atoms with Crippen LogP contribution in [-0.2, 0) is 0 Å². The van der Waals surface area contributed by atoms with E-state index in [2.05, 4.69) is 44.8 Å². The number of pyridine rings is 1. The highest BCUT2D eigenvalue weighted by Gasteiger charge is 2.13. The summed E-state index contributed by atoms with van der Waals surface area (Å²) in [6, 6.07) is 25.7. The number of nitrogens with one attached hydrogen (secondary N) is 1. The summed E-state index contributed by atoms with van der Waals surface area (Å²) < 4.78 is 0. The molecule has 0 radical (unpaired) electrons. The van der Waals surface area contributed by atoms with Crippen LogP contribution in [0.2, 0.25) is 5.02 Å². The summed E-state index contributed by atoms with van der Waals surface area (Å²) in [6.45, 7) is 0. The number of rotatable bonds is 3. The standard InChI is InChI=1S/C23H15ClN4/c24-15-10-12-16(13-11-15)26-23-20-6-2-1-5-19(20)22(27-28-23)18-7-3-9-21-17(18)8-4-14-25-21/h1-14H,(H,26,28). The molecule has 5 heteroatoms. The van der Waals surface area contributed by atoms with E-state index >= 15 is 0 Å². The van der Waals surface area contributed by atoms with Crippen molar-refractivity contribution in [3.8, 4) is 11.3 Å². The lowest BCUT2D eigenvalue weighted by Crippen LogP contribution is -1.99. The molecule has 0 bridgehead atoms. The zero-order valence-corrected chi connectivity index (χ0v) is 15.6. The van der Waals surface area contributed by atoms with Crippen LogP contribution in [0.4, 0.5) is 11.5 Å². The van der Waals surface area contributed by atoms with Crippen LogP contribution in [-0.4, -0.2) is 15.2 Å². The SMILES string of the molecule is Clc1ccc(Nc2nnc(-c3cccc4ncccc34)c3ccccc23)cc1. The zero-order chi connectivity index (χ0) is 18.9. The Morgan fingerprint density at radius 1 is 0.679 bits per heavy atom. The molecule has 28 heavy (non-hydrogen) atoms. The van der Waals surface area contributed by atoms with E-state index in [4.69, 9.17) is 11.6 Å². The van der Waals surface area contributed by atoms with Gasteiger partial charge in [-0.3, -0.25) is 4.98 Å². The van der Waals surface area contributed by atoms with Crippen molar-refractivity contribution < 1.29 is 0 Å². The molecule has 0 atom stereocenters. The number of nitrogens with zero attached hydrogens (tertiary/aromatic N) is 3. The Bertz CT molecular complexity index is 1290. The molecule has 0 aliphatic rings. The van der Waals surface area contributed by atoms with E-state index < -0.39 is 0 Å². The first-order valence-corrected chi connectivity index (χ1v) is 9.29. The van der Waals surface area contributed by atoms with Crippen molar-refractivity contribution in [3.05, 3.63) is 90.1 Å². The number of hydrogen-bond donors (Lipinski definition) is 1. The van der Waals surface area contributed by atoms with Crippen molar-refractivity contribution >= 4 is 44.8 Å². The van der Waals surface area contributed by atoms with E-state index in [1.54, 1.807) is 6.20 Å². The third-order valence-corrected chi connectivity index (χ3v) is 4.95. The lowest BCUT2D eigenvalue weighted by atomic mass is 10.0. The normalized spacial score (nSPS) is 11.0. The topological polar surface area (TPSA) is 50.7 Å². The van der Waals surface area contributed by atoms with Crippen LogP contribution >= 0.6 is 11.6 Å². The molecule has 3 aromatic carbocycles. The second-order valence-electron chi connectivity index (χ2n) is 6.45. The summed E-state index contributed by atoms with van der Waals surface area (Å²) in [5.74, 6) is 0.708. The van der Waals surface area contributed by atoms with Crippen LogP contribution in [0.1, 0.15) is 0 Å². The smallest absolute Gasteiger partial charge is 0.161 e. The van der Waals surface area contributed by atoms with Crippen LogP contribution in [0.15, 0.2) is 85.1 Å². The number of anilines is 2. The Labute approximate surface area is 166 Å². The maximum Gasteiger partial charge on any atom is 0.161 e. The maximum absolute atomic E-state index is 5.99. The Hall–Kier alpha value is -3.50. The van der Waals surface area contributed by atoms with Gasteiger partial charge >= 0.3 is 0 Å². The van der Waals surface area contributed by atoms with Gasteiger partial charge in [0.1, 0.15) is 5.69 Å². The zero-order valence-electron chi connectivity index (χ0n) is 14.8. The molecule has 134 valence electrons. The van der Waals surface area contributed by atoms with Gasteiger partial charge in [0.2, 0.25) is 0 Å². The molecule has 0 amide bonds. The minimum atomic E-state index is 0.696. The fourth-order valence-electron chi connectivity index (χ4n) is 3.37. The third-order valence-electron chi connectivity index (χ3n) is 4.70. The average Bonchev–Trinajstić information content (AvgIpc) is 2.75. The van der Waals surface area contributed by atoms with Gasteiger partial charge in [-0.05, 0) is 36.4 Å². The van der Waals surface area contributed by atoms with Crippen molar-refractivity contribution in [2.24, 2.45) is 0 Å². The van der Waals surface area contributed by atoms with Gasteiger partial charge < -0.3 is 5.32 Å². The molecule has 4 nitrogen and oxygen atoms in total. The van der Waals surface area contributed by atoms with Crippen molar-refractivity contribution in [2.75, 3.05) is 5.32 Å². The number of benzene rings is 3. The van der Waals surface area contributed by atoms with Gasteiger partial charge in [0.15, 0.2) is 5.82 Å². The Balaban J connectivity index is 1.69. The summed E-state index contributed by atoms with van der Waals surface area (Å²) in [4.78, 5) is 4.46. The fraction of sp³-hybridized carbons (Fsp3) is 0. The summed E-state index contributed by atoms with van der Waals surface area (Å²) in [6.07, 6.45) is 1.80. The highest BCUT2D eigenvalue weighted by atomic mass is 35.5. The van der Waals surface area contributed by atoms with Gasteiger partial charge in [0.25, 0.3) is 0 Å². The Kier molecular flexibility index (Phi) is 4.11. The molecule has 0 aliphatic carbocycles. The highest BCUT2D eigenvalue weighted by Crippen LogP contribution is 2.34. The van der Waals surface area contributed by atoms with E-state index in [0.717, 1.165) is 38.6 Å². The molecule has 0 spiro atoms. The van der Waals surface area contributed by atoms with Crippen molar-refractivity contribution in [3.63, 3.8) is 0 Å². The van der Waals surface area contributed by atoms with Crippen LogP contribution in [0, 0.1) is 0 Å². The highest BCUT2D eigenvalue weighted by molar-refractivity contribution is 6.30. The summed E-state index contributed by atoms with van der Waals surface area (Å²) in [5, 5.41) is 16.2. The van der Waals surface area contributed by atoms with Gasteiger partial charge in [-0.1, -0.05) is 54.1 Å². The first-order chi connectivity index (χ1) is 13.8. The van der Waals surface area contributed by atoms with Crippen LogP contribution in [0.25, 0.3) is 32.9 Å². The molecule has 0 fully saturated rings. The molecule has 0 aliphatic heterocycles. The van der Waals surface area contributed by atoms with E-state index in [-0.39, 0.29) is 0 Å². The van der Waals surface area contributed by atoms with E-state index in [1.807, 2.05) is 54.6 Å². The fourth-order valence-corrected chi connectivity index (χ4v) is 3.50. The molecule has 0 saturated heterocycles. The second-order valence-corrected chi connectivity index (χ2v) is 6.89. The molecule has 1 N–H and O–H groups in total. The Morgan fingerprint density at radius 2 is 1.46 bits per heavy atom. The monoisotopic (exact) mass is 382 g/mol. The summed E-state index contributed by atoms with van der Waals surface area (Å²) >= 11 is 5.99. The Morgan fingerprint density at radius 3 is 2.32 bits per heavy atom. The van der Waals surface area contributed by atoms with E-state index in [1.165, 1.54) is 0 Å². The van der Waals surface area contributed by atoms with E-state index in [0.29, 0.717) is 10.8 Å². The van der Waals surface area contributed by atoms with Crippen molar-refractivity contribution in [1.29, 1.82) is 0 Å². The van der Waals surface area contributed by atoms with Crippen LogP contribution in [0.3, 0.4) is 0 Å². The van der Waals surface area contributed by atoms with Gasteiger partial charge in [-0.25, -0.2) is 0 Å². The molecule has 2 heterocycles. The van der Waals surface area contributed by atoms with Crippen LogP contribution in [0.5, 0.6) is 0 Å². The number of hydrogen-bond acceptors (Lipinski definition) is 4. The summed E-state index contributed by atoms with van der Waals surface area (Å²) in [7, 11) is 0. The quantitative estimate of drug-likeness (QED) is 0.401.